The van der Waals surface area contributed by atoms with Crippen molar-refractivity contribution in [1.82, 2.24) is 0 Å². The number of rotatable bonds is 0. The van der Waals surface area contributed by atoms with E-state index in [1.165, 1.54) is 36.1 Å². The van der Waals surface area contributed by atoms with E-state index in [4.69, 9.17) is 0 Å². The molecule has 0 radical (unpaired) electrons. The number of thiophene rings is 1. The van der Waals surface area contributed by atoms with E-state index < -0.39 is 0 Å². The van der Waals surface area contributed by atoms with Crippen LogP contribution in [0.25, 0.3) is 20.5 Å². The van der Waals surface area contributed by atoms with Crippen LogP contribution < -0.4 is 0 Å². The van der Waals surface area contributed by atoms with E-state index in [0.717, 1.165) is 10.9 Å². The highest BCUT2D eigenvalue weighted by Crippen LogP contribution is 2.47. The highest BCUT2D eigenvalue weighted by atomic mass is 79.9. The normalized spacial score (nSPS) is 12.8. The SMILES string of the molecule is Brc1ccc2c(c1)Cc1c-2sc2cc(Br)ccc12. The van der Waals surface area contributed by atoms with E-state index in [0.29, 0.717) is 0 Å². The molecular formula is C15H8Br2S. The molecule has 0 amide bonds. The molecule has 0 bridgehead atoms. The zero-order valence-corrected chi connectivity index (χ0v) is 13.3. The predicted octanol–water partition coefficient (Wildman–Crippen LogP) is 6.00. The predicted molar refractivity (Wildman–Crippen MR) is 85.5 cm³/mol. The van der Waals surface area contributed by atoms with Crippen LogP contribution in [-0.4, -0.2) is 0 Å². The monoisotopic (exact) mass is 378 g/mol. The van der Waals surface area contributed by atoms with Crippen LogP contribution in [0.1, 0.15) is 11.1 Å². The smallest absolute Gasteiger partial charge is 0.0393 e. The maximum Gasteiger partial charge on any atom is 0.0393 e. The van der Waals surface area contributed by atoms with Crippen LogP contribution >= 0.6 is 43.2 Å². The van der Waals surface area contributed by atoms with Gasteiger partial charge in [0.05, 0.1) is 0 Å². The quantitative estimate of drug-likeness (QED) is 0.351. The molecule has 3 aromatic rings. The van der Waals surface area contributed by atoms with Crippen LogP contribution in [0.15, 0.2) is 45.3 Å². The van der Waals surface area contributed by atoms with E-state index in [1.807, 2.05) is 11.3 Å². The molecule has 4 rings (SSSR count). The molecule has 1 aromatic heterocycles. The molecule has 0 unspecified atom stereocenters. The second-order valence-electron chi connectivity index (χ2n) is 4.53. The fourth-order valence-electron chi connectivity index (χ4n) is 2.64. The first-order valence-corrected chi connectivity index (χ1v) is 8.12. The minimum atomic E-state index is 1.06. The van der Waals surface area contributed by atoms with Gasteiger partial charge >= 0.3 is 0 Å². The van der Waals surface area contributed by atoms with E-state index in [9.17, 15) is 0 Å². The van der Waals surface area contributed by atoms with Gasteiger partial charge in [-0.1, -0.05) is 44.0 Å². The Balaban J connectivity index is 2.04. The largest absolute Gasteiger partial charge is 0.135 e. The van der Waals surface area contributed by atoms with Gasteiger partial charge < -0.3 is 0 Å². The van der Waals surface area contributed by atoms with Crippen molar-refractivity contribution in [3.63, 3.8) is 0 Å². The average molecular weight is 380 g/mol. The van der Waals surface area contributed by atoms with Crippen LogP contribution in [0.2, 0.25) is 0 Å². The van der Waals surface area contributed by atoms with Gasteiger partial charge in [-0.2, -0.15) is 0 Å². The van der Waals surface area contributed by atoms with Crippen molar-refractivity contribution >= 4 is 53.3 Å². The van der Waals surface area contributed by atoms with Crippen molar-refractivity contribution < 1.29 is 0 Å². The Morgan fingerprint density at radius 3 is 2.61 bits per heavy atom. The molecule has 0 spiro atoms. The minimum Gasteiger partial charge on any atom is -0.135 e. The first-order valence-electron chi connectivity index (χ1n) is 5.72. The molecule has 0 saturated carbocycles. The summed E-state index contributed by atoms with van der Waals surface area (Å²) in [5, 5.41) is 1.41. The van der Waals surface area contributed by atoms with Gasteiger partial charge in [-0.3, -0.25) is 0 Å². The Labute approximate surface area is 126 Å². The third kappa shape index (κ3) is 1.54. The van der Waals surface area contributed by atoms with Crippen molar-refractivity contribution in [3.05, 3.63) is 56.5 Å². The van der Waals surface area contributed by atoms with Crippen molar-refractivity contribution in [1.29, 1.82) is 0 Å². The fraction of sp³-hybridized carbons (Fsp3) is 0.0667. The summed E-state index contributed by atoms with van der Waals surface area (Å²) in [7, 11) is 0. The molecular weight excluding hydrogens is 372 g/mol. The van der Waals surface area contributed by atoms with Gasteiger partial charge in [-0.25, -0.2) is 0 Å². The lowest BCUT2D eigenvalue weighted by molar-refractivity contribution is 1.28. The van der Waals surface area contributed by atoms with E-state index in [-0.39, 0.29) is 0 Å². The van der Waals surface area contributed by atoms with Gasteiger partial charge in [0, 0.05) is 24.9 Å². The number of halogens is 2. The lowest BCUT2D eigenvalue weighted by Gasteiger charge is -2.00. The average Bonchev–Trinajstić information content (AvgIpc) is 2.83. The second kappa shape index (κ2) is 3.92. The summed E-state index contributed by atoms with van der Waals surface area (Å²) in [5.41, 5.74) is 4.34. The van der Waals surface area contributed by atoms with E-state index in [1.54, 1.807) is 0 Å². The highest BCUT2D eigenvalue weighted by molar-refractivity contribution is 9.10. The molecule has 3 heteroatoms. The Bertz CT molecular complexity index is 787. The van der Waals surface area contributed by atoms with Crippen molar-refractivity contribution in [3.8, 4) is 10.4 Å². The molecule has 0 aliphatic heterocycles. The van der Waals surface area contributed by atoms with Crippen molar-refractivity contribution in [2.45, 2.75) is 6.42 Å². The number of hydrogen-bond donors (Lipinski definition) is 0. The van der Waals surface area contributed by atoms with Gasteiger partial charge in [0.1, 0.15) is 0 Å². The first kappa shape index (κ1) is 11.2. The highest BCUT2D eigenvalue weighted by Gasteiger charge is 2.23. The molecule has 0 nitrogen and oxygen atoms in total. The summed E-state index contributed by atoms with van der Waals surface area (Å²) in [4.78, 5) is 1.45. The Kier molecular flexibility index (Phi) is 2.44. The molecule has 1 heterocycles. The zero-order valence-electron chi connectivity index (χ0n) is 9.34. The standard InChI is InChI=1S/C15H8Br2S/c16-9-1-3-11-8(5-9)6-13-12-4-2-10(17)7-14(12)18-15(11)13/h1-5,7H,6H2. The first-order chi connectivity index (χ1) is 8.72. The van der Waals surface area contributed by atoms with E-state index >= 15 is 0 Å². The topological polar surface area (TPSA) is 0 Å². The zero-order chi connectivity index (χ0) is 12.3. The third-order valence-corrected chi connectivity index (χ3v) is 5.65. The van der Waals surface area contributed by atoms with Crippen LogP contribution in [0.5, 0.6) is 0 Å². The molecule has 1 aliphatic rings. The number of benzene rings is 2. The number of hydrogen-bond acceptors (Lipinski definition) is 1. The molecule has 0 atom stereocenters. The molecule has 0 saturated heterocycles. The summed E-state index contributed by atoms with van der Waals surface area (Å²) in [5.74, 6) is 0. The Hall–Kier alpha value is -0.640. The molecule has 2 aromatic carbocycles. The maximum atomic E-state index is 3.55. The van der Waals surface area contributed by atoms with Gasteiger partial charge in [-0.15, -0.1) is 11.3 Å². The van der Waals surface area contributed by atoms with Crippen molar-refractivity contribution in [2.75, 3.05) is 0 Å². The summed E-state index contributed by atoms with van der Waals surface area (Å²) in [6, 6.07) is 13.2. The summed E-state index contributed by atoms with van der Waals surface area (Å²) in [6.45, 7) is 0. The molecule has 88 valence electrons. The maximum absolute atomic E-state index is 3.55. The summed E-state index contributed by atoms with van der Waals surface area (Å²) >= 11 is 9.01. The van der Waals surface area contributed by atoms with Gasteiger partial charge in [0.15, 0.2) is 0 Å². The van der Waals surface area contributed by atoms with Gasteiger partial charge in [-0.05, 0) is 46.3 Å². The van der Waals surface area contributed by atoms with Crippen molar-refractivity contribution in [2.24, 2.45) is 0 Å². The van der Waals surface area contributed by atoms with Gasteiger partial charge in [0.2, 0.25) is 0 Å². The van der Waals surface area contributed by atoms with Crippen LogP contribution in [0.4, 0.5) is 0 Å². The third-order valence-electron chi connectivity index (χ3n) is 3.43. The second-order valence-corrected chi connectivity index (χ2v) is 7.41. The molecule has 0 fully saturated rings. The molecule has 1 aliphatic carbocycles. The Morgan fingerprint density at radius 1 is 0.944 bits per heavy atom. The summed E-state index contributed by atoms with van der Waals surface area (Å²) in [6.07, 6.45) is 1.06. The summed E-state index contributed by atoms with van der Waals surface area (Å²) < 4.78 is 3.71. The lowest BCUT2D eigenvalue weighted by atomic mass is 10.1. The molecule has 0 N–H and O–H groups in total. The Morgan fingerprint density at radius 2 is 1.72 bits per heavy atom. The molecule has 18 heavy (non-hydrogen) atoms. The number of fused-ring (bicyclic) bond motifs is 5. The van der Waals surface area contributed by atoms with Crippen LogP contribution in [-0.2, 0) is 6.42 Å². The fourth-order valence-corrected chi connectivity index (χ4v) is 4.88. The lowest BCUT2D eigenvalue weighted by Crippen LogP contribution is -1.81. The van der Waals surface area contributed by atoms with Gasteiger partial charge in [0.25, 0.3) is 0 Å². The minimum absolute atomic E-state index is 1.06. The van der Waals surface area contributed by atoms with Crippen LogP contribution in [0.3, 0.4) is 0 Å². The van der Waals surface area contributed by atoms with E-state index in [2.05, 4.69) is 68.3 Å². The van der Waals surface area contributed by atoms with Crippen LogP contribution in [0, 0.1) is 0 Å².